The number of esters is 2. The predicted octanol–water partition coefficient (Wildman–Crippen LogP) is 11.4. The molecule has 10 atom stereocenters. The number of hydrogen-bond acceptors (Lipinski definition) is 20. The Labute approximate surface area is 856 Å². The van der Waals surface area contributed by atoms with Crippen LogP contribution in [-0.2, 0) is 96.1 Å². The number of epoxide rings is 2. The van der Waals surface area contributed by atoms with E-state index in [-0.39, 0.29) is 177 Å². The molecule has 12 aliphatic rings. The van der Waals surface area contributed by atoms with E-state index in [9.17, 15) is 38.0 Å². The van der Waals surface area contributed by atoms with Crippen LogP contribution in [0.5, 0.6) is 0 Å². The van der Waals surface area contributed by atoms with E-state index in [1.165, 1.54) is 22.2 Å². The van der Waals surface area contributed by atoms with Crippen LogP contribution in [0.25, 0.3) is 66.6 Å². The fourth-order valence-corrected chi connectivity index (χ4v) is 24.0. The molecule has 8 aromatic rings. The largest absolute Gasteiger partial charge is 1.00 e. The van der Waals surface area contributed by atoms with Gasteiger partial charge in [0.1, 0.15) is 24.2 Å². The number of halogens is 1. The molecule has 14 heterocycles. The molecular weight excluding hydrogens is 1770 g/mol. The van der Waals surface area contributed by atoms with Crippen molar-refractivity contribution in [2.75, 3.05) is 99.0 Å². The number of ether oxygens (including phenoxy) is 4. The first-order valence-electron chi connectivity index (χ1n) is 51.2. The van der Waals surface area contributed by atoms with E-state index in [1.807, 2.05) is 35.5 Å². The Morgan fingerprint density at radius 1 is 0.558 bits per heavy atom. The second-order valence-electron chi connectivity index (χ2n) is 42.9. The molecule has 138 heavy (non-hydrogen) atoms. The Kier molecular flexibility index (Phi) is 33.4. The van der Waals surface area contributed by atoms with Crippen molar-refractivity contribution in [1.82, 2.24) is 70.6 Å². The zero-order valence-electron chi connectivity index (χ0n) is 83.9. The summed E-state index contributed by atoms with van der Waals surface area (Å²) >= 11 is 0. The van der Waals surface area contributed by atoms with Gasteiger partial charge in [0.05, 0.1) is 63.2 Å². The quantitative estimate of drug-likeness (QED) is 0.0260. The van der Waals surface area contributed by atoms with Gasteiger partial charge in [0.25, 0.3) is 17.7 Å². The summed E-state index contributed by atoms with van der Waals surface area (Å²) < 4.78 is 42.5. The molecule has 4 aromatic heterocycles. The molecule has 2 spiro atoms. The first-order chi connectivity index (χ1) is 66.1. The number of hydrogen-bond donors (Lipinski definition) is 5. The van der Waals surface area contributed by atoms with E-state index >= 15 is 4.79 Å². The number of aryl methyl sites for hydroxylation is 2. The fourth-order valence-electron chi connectivity index (χ4n) is 24.0. The van der Waals surface area contributed by atoms with Gasteiger partial charge in [-0.3, -0.25) is 67.7 Å². The average molecular weight is 1920 g/mol. The van der Waals surface area contributed by atoms with E-state index in [0.29, 0.717) is 77.8 Å². The van der Waals surface area contributed by atoms with Crippen LogP contribution in [0.15, 0.2) is 122 Å². The molecule has 5 amide bonds. The van der Waals surface area contributed by atoms with Crippen molar-refractivity contribution < 1.29 is 120 Å². The third kappa shape index (κ3) is 23.0. The minimum absolute atomic E-state index is 0. The normalized spacial score (nSPS) is 25.5. The van der Waals surface area contributed by atoms with Crippen molar-refractivity contribution >= 4 is 69.6 Å². The SMILES string of the molecule is CCn1c(-c2cccnc2C(C)C)c2c3cc(ccc31)-c1cccc(c1)C[C@H](NC(=O)[C@H](C1CCCC1)N1CC[C@]3(CCN(C(=O)[C@H]4CO4)C3)C1)C(=O)N1CCC[C@H](N1)C(=O)OCC(C)(C)C2.CCn1c(-c2cccnc2C(C)C)c2c3cc(ccc31)-c1cccc(c1)C[C@H](NC(=O)[C@H](C1CCCC1)N1CC[C@]3(CCNC3)C1)C(=O)N1CCC[C@H](N1)C(=O)OCC(C)(C)C2.O=[C-][C@H]1CO1.[2H]CF.[K+].[OH-]. The molecule has 8 saturated heterocycles. The van der Waals surface area contributed by atoms with Gasteiger partial charge >= 0.3 is 63.3 Å². The number of carbonyl (C=O) groups is 7. The molecule has 27 nitrogen and oxygen atoms in total. The molecule has 0 unspecified atom stereocenters. The van der Waals surface area contributed by atoms with Gasteiger partial charge in [-0.1, -0.05) is 142 Å². The minimum Gasteiger partial charge on any atom is -0.870 e. The van der Waals surface area contributed by atoms with Gasteiger partial charge in [-0.05, 0) is 252 Å². The zero-order valence-corrected chi connectivity index (χ0v) is 86.0. The van der Waals surface area contributed by atoms with Crippen molar-refractivity contribution in [3.63, 3.8) is 0 Å². The van der Waals surface area contributed by atoms with E-state index in [4.69, 9.17) is 25.5 Å². The first-order valence-corrected chi connectivity index (χ1v) is 50.5. The van der Waals surface area contributed by atoms with E-state index < -0.39 is 42.2 Å². The average Bonchev–Trinajstić information content (AvgIpc) is 1.59. The van der Waals surface area contributed by atoms with Gasteiger partial charge in [-0.2, -0.15) is 0 Å². The number of rotatable bonds is 16. The van der Waals surface area contributed by atoms with E-state index in [0.717, 1.165) is 214 Å². The van der Waals surface area contributed by atoms with Crippen molar-refractivity contribution in [1.29, 1.82) is 0 Å². The van der Waals surface area contributed by atoms with Gasteiger partial charge in [0, 0.05) is 140 Å². The third-order valence-corrected chi connectivity index (χ3v) is 31.0. The summed E-state index contributed by atoms with van der Waals surface area (Å²) in [6.45, 7) is 32.5. The van der Waals surface area contributed by atoms with Crippen molar-refractivity contribution in [2.45, 2.75) is 271 Å². The summed E-state index contributed by atoms with van der Waals surface area (Å²) in [5.74, 6) is -0.393. The number of pyridine rings is 2. The van der Waals surface area contributed by atoms with Crippen LogP contribution in [-0.4, -0.2) is 245 Å². The smallest absolute Gasteiger partial charge is 0.870 e. The van der Waals surface area contributed by atoms with Crippen LogP contribution in [0, 0.1) is 33.5 Å². The molecular formula is C109H143FKN14O13-. The second kappa shape index (κ2) is 45.0. The standard InChI is InChI=1S/C54H69N7O6.C51H67N7O4.C3H3O2.CH3F.K.H2O/c1-6-60-44-19-18-38-28-40(44)41(48(60)39-16-10-22-55-46(39)34(2)3)29-53(4,5)33-67-52(65)42-17-11-23-61(57-42)50(63)43(27-35-12-9-15-37(38)26-35)56-49(62)47(36-13-7-8-14-36)58-24-20-54(31-58)21-25-59(32-54)51(64)45-30-66-45;1-6-57-43-19-18-37-28-39(43)40(46(57)38-16-10-22-53-44(38)33(2)3)29-50(4,5)32-62-49(61)41-17-11-24-58(55-41)48(60)42(27-34-12-9-15-36(37)26-34)54-47(59)45(35-13-7-8-14-35)56-25-21-51(31-56)20-23-52-30-51;4-1-3-2-5-3;1-2;;/h9-10,12,15-16,18-19,22,26,28,34,36,42-43,45,47,57H,6-8,11,13-14,17,20-21,23-25,27,29-33H2,1-5H3,(H,56,62);9-10,12,15-16,18-19,22,26,28,33,35,41-42,45,52,55H,6-8,11,13-14,17,20-21,23-25,27,29-32H2,1-5H3,(H,54,59);3H,2H2;1H3;;1H2/q;;-1;;+1;/p-1/t42-,43-,45+,47-,54-;41-,42-,45-,51-;3-;;;/m000.../s1/i;;;1D;;. The predicted molar refractivity (Wildman–Crippen MR) is 526 cm³/mol. The number of nitrogens with one attached hydrogen (secondary N) is 5. The summed E-state index contributed by atoms with van der Waals surface area (Å²) in [7, 11) is -1.00. The number of fused-ring (bicyclic) bond motifs is 12. The molecule has 6 N–H and O–H groups in total. The van der Waals surface area contributed by atoms with Gasteiger partial charge < -0.3 is 59.2 Å². The second-order valence-corrected chi connectivity index (χ2v) is 42.9. The number of cyclic esters (lactones) is 2. The van der Waals surface area contributed by atoms with Crippen molar-refractivity contribution in [2.24, 2.45) is 33.5 Å². The molecule has 2 saturated carbocycles. The van der Waals surface area contributed by atoms with Crippen LogP contribution < -0.4 is 78.2 Å². The Morgan fingerprint density at radius 2 is 1.00 bits per heavy atom. The van der Waals surface area contributed by atoms with E-state index in [2.05, 4.69) is 211 Å². The minimum atomic E-state index is -1.00. The van der Waals surface area contributed by atoms with Crippen molar-refractivity contribution in [3.05, 3.63) is 155 Å². The number of nitrogens with zero attached hydrogens (tertiary/aromatic N) is 9. The molecule has 20 rings (SSSR count). The molecule has 0 radical (unpaired) electrons. The Morgan fingerprint density at radius 3 is 1.41 bits per heavy atom. The Bertz CT molecular complexity index is 5720. The number of likely N-dealkylation sites (tertiary alicyclic amines) is 3. The van der Waals surface area contributed by atoms with E-state index in [1.54, 1.807) is 16.3 Å². The summed E-state index contributed by atoms with van der Waals surface area (Å²) in [6, 6.07) is 35.0. The van der Waals surface area contributed by atoms with Gasteiger partial charge in [-0.25, -0.2) is 17.1 Å². The molecule has 4 aromatic carbocycles. The fraction of sp³-hybridized carbons (Fsp3) is 0.578. The van der Waals surface area contributed by atoms with Crippen LogP contribution in [0.2, 0.25) is 0 Å². The number of carbonyl (C=O) groups excluding carboxylic acids is 8. The van der Waals surface area contributed by atoms with Crippen LogP contribution >= 0.6 is 0 Å². The number of alkyl halides is 1. The third-order valence-electron chi connectivity index (χ3n) is 31.0. The van der Waals surface area contributed by atoms with Crippen LogP contribution in [0.4, 0.5) is 4.39 Å². The molecule has 12 bridgehead atoms. The van der Waals surface area contributed by atoms with Crippen LogP contribution in [0.1, 0.15) is 219 Å². The van der Waals surface area contributed by atoms with Gasteiger partial charge in [0.15, 0.2) is 6.10 Å². The maximum atomic E-state index is 15.1. The van der Waals surface area contributed by atoms with Crippen LogP contribution in [0.3, 0.4) is 0 Å². The molecule has 736 valence electrons. The number of aromatic nitrogens is 4. The van der Waals surface area contributed by atoms with Gasteiger partial charge in [0.2, 0.25) is 11.8 Å². The Balaban J connectivity index is 0.000000193. The molecule has 10 aliphatic heterocycles. The summed E-state index contributed by atoms with van der Waals surface area (Å²) in [5, 5.41) is 15.8. The summed E-state index contributed by atoms with van der Waals surface area (Å²) in [5.41, 5.74) is 23.4. The summed E-state index contributed by atoms with van der Waals surface area (Å²) in [4.78, 5) is 127. The first kappa shape index (κ1) is 102. The molecule has 29 heteroatoms. The Hall–Kier alpha value is -8.53. The van der Waals surface area contributed by atoms with Gasteiger partial charge in [-0.15, -0.1) is 0 Å². The number of benzene rings is 4. The molecule has 10 fully saturated rings. The van der Waals surface area contributed by atoms with Crippen molar-refractivity contribution in [3.8, 4) is 44.8 Å². The maximum Gasteiger partial charge on any atom is 1.00 e. The topological polar surface area (TPSA) is 322 Å². The summed E-state index contributed by atoms with van der Waals surface area (Å²) in [6.07, 6.45) is 21.8. The zero-order chi connectivity index (χ0) is 96.2. The number of amides is 5. The monoisotopic (exact) mass is 1920 g/mol. The maximum absolute atomic E-state index is 15.1. The number of hydrazine groups is 2. The molecule has 2 aliphatic carbocycles.